The molecular weight excluding hydrogens is 214 g/mol. The third-order valence-corrected chi connectivity index (χ3v) is 3.68. The van der Waals surface area contributed by atoms with Crippen LogP contribution in [0.2, 0.25) is 0 Å². The molecule has 0 atom stereocenters. The Morgan fingerprint density at radius 2 is 1.24 bits per heavy atom. The first-order chi connectivity index (χ1) is 7.49. The zero-order valence-electron chi connectivity index (χ0n) is 12.5. The highest BCUT2D eigenvalue weighted by molar-refractivity contribution is 5.88. The Morgan fingerprint density at radius 3 is 1.41 bits per heavy atom. The third kappa shape index (κ3) is 3.07. The molecule has 0 aliphatic carbocycles. The predicted octanol–water partition coefficient (Wildman–Crippen LogP) is 1.60. The summed E-state index contributed by atoms with van der Waals surface area (Å²) in [4.78, 5) is 18.1. The van der Waals surface area contributed by atoms with Crippen molar-refractivity contribution in [2.24, 2.45) is 0 Å². The van der Waals surface area contributed by atoms with Crippen molar-refractivity contribution in [2.45, 2.75) is 39.0 Å². The van der Waals surface area contributed by atoms with Crippen LogP contribution in [-0.4, -0.2) is 60.1 Å². The summed E-state index contributed by atoms with van der Waals surface area (Å²) in [5.74, 6) is -0.0672. The van der Waals surface area contributed by atoms with Crippen LogP contribution in [0.25, 0.3) is 0 Å². The second-order valence-corrected chi connectivity index (χ2v) is 5.66. The maximum Gasteiger partial charge on any atom is 0.248 e. The Labute approximate surface area is 106 Å². The molecule has 4 heteroatoms. The van der Waals surface area contributed by atoms with E-state index in [1.807, 2.05) is 70.6 Å². The minimum absolute atomic E-state index is 0.0672. The van der Waals surface area contributed by atoms with Crippen LogP contribution in [0.1, 0.15) is 27.7 Å². The van der Waals surface area contributed by atoms with E-state index in [0.717, 1.165) is 0 Å². The molecule has 17 heavy (non-hydrogen) atoms. The molecule has 0 unspecified atom stereocenters. The van der Waals surface area contributed by atoms with Gasteiger partial charge in [-0.2, -0.15) is 0 Å². The first-order valence-corrected chi connectivity index (χ1v) is 5.81. The number of carbonyl (C=O) groups excluding carboxylic acids is 1. The van der Waals surface area contributed by atoms with E-state index in [1.165, 1.54) is 6.08 Å². The zero-order valence-corrected chi connectivity index (χ0v) is 12.5. The predicted molar refractivity (Wildman–Crippen MR) is 72.6 cm³/mol. The summed E-state index contributed by atoms with van der Waals surface area (Å²) in [5.41, 5.74) is -0.780. The zero-order chi connectivity index (χ0) is 14.0. The number of carbonyl (C=O) groups is 1. The Bertz CT molecular complexity index is 273. The summed E-state index contributed by atoms with van der Waals surface area (Å²) in [7, 11) is 7.87. The summed E-state index contributed by atoms with van der Waals surface area (Å²) in [5, 5.41) is 0. The molecule has 100 valence electrons. The van der Waals surface area contributed by atoms with Crippen molar-refractivity contribution >= 4 is 5.91 Å². The lowest BCUT2D eigenvalue weighted by molar-refractivity contribution is -0.161. The van der Waals surface area contributed by atoms with Crippen molar-refractivity contribution in [2.75, 3.05) is 28.2 Å². The maximum atomic E-state index is 12.2. The highest BCUT2D eigenvalue weighted by atomic mass is 16.2. The molecule has 0 aliphatic rings. The van der Waals surface area contributed by atoms with Crippen molar-refractivity contribution in [3.05, 3.63) is 12.7 Å². The Kier molecular flexibility index (Phi) is 4.92. The molecule has 4 nitrogen and oxygen atoms in total. The Hall–Kier alpha value is -0.870. The minimum Gasteiger partial charge on any atom is -0.303 e. The van der Waals surface area contributed by atoms with Gasteiger partial charge in [-0.15, -0.1) is 0 Å². The summed E-state index contributed by atoms with van der Waals surface area (Å²) in [6.45, 7) is 11.7. The fourth-order valence-electron chi connectivity index (χ4n) is 1.70. The van der Waals surface area contributed by atoms with Crippen molar-refractivity contribution in [3.63, 3.8) is 0 Å². The van der Waals surface area contributed by atoms with Gasteiger partial charge in [0.15, 0.2) is 0 Å². The molecule has 0 bridgehead atoms. The quantitative estimate of drug-likeness (QED) is 0.540. The molecule has 0 aliphatic heterocycles. The van der Waals surface area contributed by atoms with E-state index in [2.05, 4.69) is 6.58 Å². The van der Waals surface area contributed by atoms with Crippen molar-refractivity contribution < 1.29 is 4.79 Å². The van der Waals surface area contributed by atoms with E-state index in [1.54, 1.807) is 0 Å². The summed E-state index contributed by atoms with van der Waals surface area (Å²) in [6, 6.07) is 0. The summed E-state index contributed by atoms with van der Waals surface area (Å²) < 4.78 is 0. The fraction of sp³-hybridized carbons (Fsp3) is 0.769. The molecule has 0 aromatic heterocycles. The first-order valence-electron chi connectivity index (χ1n) is 5.81. The summed E-state index contributed by atoms with van der Waals surface area (Å²) in [6.07, 6.45) is 1.37. The van der Waals surface area contributed by atoms with Gasteiger partial charge in [-0.3, -0.25) is 14.6 Å². The lowest BCUT2D eigenvalue weighted by Crippen LogP contribution is -2.67. The molecular formula is C13H27N3O. The van der Waals surface area contributed by atoms with Gasteiger partial charge in [-0.05, 0) is 62.0 Å². The topological polar surface area (TPSA) is 26.8 Å². The van der Waals surface area contributed by atoms with Gasteiger partial charge in [0.2, 0.25) is 5.91 Å². The monoisotopic (exact) mass is 241 g/mol. The van der Waals surface area contributed by atoms with E-state index >= 15 is 0 Å². The first kappa shape index (κ1) is 16.1. The minimum atomic E-state index is -0.390. The molecule has 0 fully saturated rings. The van der Waals surface area contributed by atoms with Crippen LogP contribution in [0, 0.1) is 0 Å². The third-order valence-electron chi connectivity index (χ3n) is 3.68. The fourth-order valence-corrected chi connectivity index (χ4v) is 1.70. The molecule has 0 rings (SSSR count). The van der Waals surface area contributed by atoms with Gasteiger partial charge < -0.3 is 4.90 Å². The molecule has 1 amide bonds. The number of hydrogen-bond acceptors (Lipinski definition) is 3. The van der Waals surface area contributed by atoms with E-state index in [9.17, 15) is 4.79 Å². The van der Waals surface area contributed by atoms with Crippen LogP contribution in [-0.2, 0) is 4.79 Å². The number of nitrogens with zero attached hydrogens (tertiary/aromatic N) is 3. The average Bonchev–Trinajstić information content (AvgIpc) is 2.16. The van der Waals surface area contributed by atoms with E-state index in [-0.39, 0.29) is 17.2 Å². The molecule has 0 spiro atoms. The van der Waals surface area contributed by atoms with Crippen molar-refractivity contribution in [1.29, 1.82) is 0 Å². The van der Waals surface area contributed by atoms with Crippen molar-refractivity contribution in [1.82, 2.24) is 14.7 Å². The van der Waals surface area contributed by atoms with Gasteiger partial charge >= 0.3 is 0 Å². The molecule has 0 saturated heterocycles. The number of rotatable bonds is 5. The van der Waals surface area contributed by atoms with Gasteiger partial charge in [0, 0.05) is 0 Å². The highest BCUT2D eigenvalue weighted by Gasteiger charge is 2.42. The molecule has 0 heterocycles. The maximum absolute atomic E-state index is 12.2. The molecule has 0 aromatic carbocycles. The van der Waals surface area contributed by atoms with Crippen LogP contribution in [0.15, 0.2) is 12.7 Å². The SMILES string of the molecule is C=CC(=O)N(C(C)(C)N(C)C)C(C)(C)N(C)C. The van der Waals surface area contributed by atoms with Crippen LogP contribution >= 0.6 is 0 Å². The second kappa shape index (κ2) is 5.19. The Balaban J connectivity index is 5.60. The van der Waals surface area contributed by atoms with Gasteiger partial charge in [0.05, 0.1) is 11.3 Å². The van der Waals surface area contributed by atoms with Crippen LogP contribution in [0.5, 0.6) is 0 Å². The normalized spacial score (nSPS) is 13.1. The average molecular weight is 241 g/mol. The lowest BCUT2D eigenvalue weighted by atomic mass is 10.0. The molecule has 0 N–H and O–H groups in total. The largest absolute Gasteiger partial charge is 0.303 e. The highest BCUT2D eigenvalue weighted by Crippen LogP contribution is 2.28. The molecule has 0 aromatic rings. The molecule has 0 radical (unpaired) electrons. The van der Waals surface area contributed by atoms with Crippen LogP contribution < -0.4 is 0 Å². The summed E-state index contributed by atoms with van der Waals surface area (Å²) >= 11 is 0. The van der Waals surface area contributed by atoms with Gasteiger partial charge in [0.1, 0.15) is 0 Å². The molecule has 0 saturated carbocycles. The van der Waals surface area contributed by atoms with Crippen LogP contribution in [0.3, 0.4) is 0 Å². The van der Waals surface area contributed by atoms with E-state index in [4.69, 9.17) is 0 Å². The number of hydrogen-bond donors (Lipinski definition) is 0. The van der Waals surface area contributed by atoms with Gasteiger partial charge in [0.25, 0.3) is 0 Å². The van der Waals surface area contributed by atoms with Gasteiger partial charge in [-0.25, -0.2) is 0 Å². The van der Waals surface area contributed by atoms with E-state index < -0.39 is 0 Å². The Morgan fingerprint density at radius 1 is 0.941 bits per heavy atom. The van der Waals surface area contributed by atoms with E-state index in [0.29, 0.717) is 0 Å². The smallest absolute Gasteiger partial charge is 0.248 e. The van der Waals surface area contributed by atoms with Crippen LogP contribution in [0.4, 0.5) is 0 Å². The standard InChI is InChI=1S/C13H27N3O/c1-10-11(17)16(12(2,3)14(6)7)13(4,5)15(8)9/h10H,1H2,2-9H3. The second-order valence-electron chi connectivity index (χ2n) is 5.66. The van der Waals surface area contributed by atoms with Crippen molar-refractivity contribution in [3.8, 4) is 0 Å². The number of amides is 1. The lowest BCUT2D eigenvalue weighted by Gasteiger charge is -2.53. The van der Waals surface area contributed by atoms with Gasteiger partial charge in [-0.1, -0.05) is 6.58 Å².